The lowest BCUT2D eigenvalue weighted by Crippen LogP contribution is -2.21. The van der Waals surface area contributed by atoms with Crippen LogP contribution in [0.2, 0.25) is 0 Å². The molecule has 1 heterocycles. The summed E-state index contributed by atoms with van der Waals surface area (Å²) in [6.45, 7) is 1.55. The van der Waals surface area contributed by atoms with Crippen molar-refractivity contribution in [2.75, 3.05) is 11.9 Å². The number of anilines is 1. The molecule has 21 heavy (non-hydrogen) atoms. The molecule has 0 spiro atoms. The minimum atomic E-state index is -0.696. The number of benzene rings is 1. The van der Waals surface area contributed by atoms with E-state index in [4.69, 9.17) is 9.15 Å². The van der Waals surface area contributed by atoms with Crippen molar-refractivity contribution < 1.29 is 18.7 Å². The third-order valence-corrected chi connectivity index (χ3v) is 3.59. The first-order chi connectivity index (χ1) is 9.95. The molecule has 0 atom stereocenters. The number of ether oxygens (including phenoxy) is 1. The molecular formula is C14H11Br2NO4. The Hall–Kier alpha value is -1.60. The SMILES string of the molecule is Cc1ccc(NC(=O)COC(=O)c2ccc(Br)o2)c(Br)c1. The molecule has 7 heteroatoms. The van der Waals surface area contributed by atoms with Crippen LogP contribution in [-0.2, 0) is 9.53 Å². The number of furan rings is 1. The van der Waals surface area contributed by atoms with Crippen molar-refractivity contribution in [1.82, 2.24) is 0 Å². The van der Waals surface area contributed by atoms with Crippen LogP contribution in [0.4, 0.5) is 5.69 Å². The predicted molar refractivity (Wildman–Crippen MR) is 84.2 cm³/mol. The Morgan fingerprint density at radius 2 is 2.00 bits per heavy atom. The highest BCUT2D eigenvalue weighted by atomic mass is 79.9. The molecule has 0 aliphatic heterocycles. The Balaban J connectivity index is 1.89. The predicted octanol–water partition coefficient (Wildman–Crippen LogP) is 3.91. The first-order valence-corrected chi connectivity index (χ1v) is 7.53. The van der Waals surface area contributed by atoms with Crippen LogP contribution < -0.4 is 5.32 Å². The van der Waals surface area contributed by atoms with E-state index >= 15 is 0 Å². The molecule has 1 aromatic heterocycles. The van der Waals surface area contributed by atoms with E-state index in [2.05, 4.69) is 37.2 Å². The molecule has 0 fully saturated rings. The lowest BCUT2D eigenvalue weighted by Gasteiger charge is -2.08. The average Bonchev–Trinajstić information content (AvgIpc) is 2.86. The third-order valence-electron chi connectivity index (χ3n) is 2.51. The largest absolute Gasteiger partial charge is 0.450 e. The maximum absolute atomic E-state index is 11.7. The fourth-order valence-corrected chi connectivity index (χ4v) is 2.43. The second-order valence-electron chi connectivity index (χ2n) is 4.21. The number of hydrogen-bond acceptors (Lipinski definition) is 4. The molecule has 1 aromatic carbocycles. The molecule has 2 aromatic rings. The zero-order valence-corrected chi connectivity index (χ0v) is 14.2. The van der Waals surface area contributed by atoms with Gasteiger partial charge in [-0.2, -0.15) is 0 Å². The Bertz CT molecular complexity index is 681. The van der Waals surface area contributed by atoms with Crippen molar-refractivity contribution in [3.63, 3.8) is 0 Å². The maximum atomic E-state index is 11.7. The lowest BCUT2D eigenvalue weighted by molar-refractivity contribution is -0.119. The van der Waals surface area contributed by atoms with E-state index < -0.39 is 18.5 Å². The van der Waals surface area contributed by atoms with Crippen LogP contribution in [0, 0.1) is 6.92 Å². The van der Waals surface area contributed by atoms with Crippen molar-refractivity contribution in [2.45, 2.75) is 6.92 Å². The number of rotatable bonds is 4. The van der Waals surface area contributed by atoms with Gasteiger partial charge < -0.3 is 14.5 Å². The zero-order chi connectivity index (χ0) is 15.4. The van der Waals surface area contributed by atoms with Crippen LogP contribution in [0.1, 0.15) is 16.1 Å². The molecule has 0 bridgehead atoms. The topological polar surface area (TPSA) is 68.5 Å². The summed E-state index contributed by atoms with van der Waals surface area (Å²) in [5, 5.41) is 2.65. The molecule has 0 saturated heterocycles. The van der Waals surface area contributed by atoms with Gasteiger partial charge in [-0.15, -0.1) is 0 Å². The fraction of sp³-hybridized carbons (Fsp3) is 0.143. The van der Waals surface area contributed by atoms with E-state index in [0.717, 1.165) is 10.0 Å². The second-order valence-corrected chi connectivity index (χ2v) is 5.85. The number of carbonyl (C=O) groups is 2. The smallest absolute Gasteiger partial charge is 0.374 e. The molecule has 5 nitrogen and oxygen atoms in total. The van der Waals surface area contributed by atoms with Crippen LogP contribution in [0.5, 0.6) is 0 Å². The van der Waals surface area contributed by atoms with Gasteiger partial charge >= 0.3 is 5.97 Å². The van der Waals surface area contributed by atoms with Crippen LogP contribution in [0.3, 0.4) is 0 Å². The van der Waals surface area contributed by atoms with Crippen molar-refractivity contribution >= 4 is 49.4 Å². The molecular weight excluding hydrogens is 406 g/mol. The molecule has 0 saturated carbocycles. The number of nitrogens with one attached hydrogen (secondary N) is 1. The summed E-state index contributed by atoms with van der Waals surface area (Å²) in [6, 6.07) is 8.54. The summed E-state index contributed by atoms with van der Waals surface area (Å²) in [4.78, 5) is 23.3. The number of carbonyl (C=O) groups excluding carboxylic acids is 2. The highest BCUT2D eigenvalue weighted by molar-refractivity contribution is 9.10. The summed E-state index contributed by atoms with van der Waals surface area (Å²) >= 11 is 6.43. The normalized spacial score (nSPS) is 10.2. The van der Waals surface area contributed by atoms with Gasteiger partial charge in [-0.3, -0.25) is 4.79 Å². The van der Waals surface area contributed by atoms with E-state index in [-0.39, 0.29) is 5.76 Å². The molecule has 1 N–H and O–H groups in total. The highest BCUT2D eigenvalue weighted by Gasteiger charge is 2.14. The van der Waals surface area contributed by atoms with Crippen LogP contribution in [-0.4, -0.2) is 18.5 Å². The van der Waals surface area contributed by atoms with Crippen molar-refractivity contribution in [2.24, 2.45) is 0 Å². The first-order valence-electron chi connectivity index (χ1n) is 5.94. The average molecular weight is 417 g/mol. The summed E-state index contributed by atoms with van der Waals surface area (Å²) in [6.07, 6.45) is 0. The van der Waals surface area contributed by atoms with Gasteiger partial charge in [0, 0.05) is 4.47 Å². The summed E-state index contributed by atoms with van der Waals surface area (Å²) in [7, 11) is 0. The number of hydrogen-bond donors (Lipinski definition) is 1. The van der Waals surface area contributed by atoms with Crippen molar-refractivity contribution in [3.05, 3.63) is 50.8 Å². The van der Waals surface area contributed by atoms with Gasteiger partial charge in [-0.1, -0.05) is 6.07 Å². The Morgan fingerprint density at radius 1 is 1.24 bits per heavy atom. The zero-order valence-electron chi connectivity index (χ0n) is 11.0. The Kier molecular flexibility index (Phi) is 5.19. The number of halogens is 2. The molecule has 1 amide bonds. The molecule has 0 aliphatic carbocycles. The Morgan fingerprint density at radius 3 is 2.62 bits per heavy atom. The standard InChI is InChI=1S/C14H11Br2NO4/c1-8-2-3-10(9(15)6-8)17-13(18)7-20-14(19)11-4-5-12(16)21-11/h2-6H,7H2,1H3,(H,17,18). The van der Waals surface area contributed by atoms with Gasteiger partial charge in [0.25, 0.3) is 5.91 Å². The second kappa shape index (κ2) is 6.91. The van der Waals surface area contributed by atoms with Gasteiger partial charge in [-0.05, 0) is 68.6 Å². The van der Waals surface area contributed by atoms with Gasteiger partial charge in [0.1, 0.15) is 0 Å². The van der Waals surface area contributed by atoms with Crippen molar-refractivity contribution in [3.8, 4) is 0 Å². The third kappa shape index (κ3) is 4.44. The minimum Gasteiger partial charge on any atom is -0.450 e. The van der Waals surface area contributed by atoms with E-state index in [1.807, 2.05) is 19.1 Å². The van der Waals surface area contributed by atoms with Gasteiger partial charge in [0.2, 0.25) is 5.76 Å². The molecule has 0 aliphatic rings. The van der Waals surface area contributed by atoms with Gasteiger partial charge in [0.05, 0.1) is 5.69 Å². The monoisotopic (exact) mass is 415 g/mol. The summed E-state index contributed by atoms with van der Waals surface area (Å²) < 4.78 is 11.1. The molecule has 110 valence electrons. The van der Waals surface area contributed by atoms with Crippen molar-refractivity contribution in [1.29, 1.82) is 0 Å². The van der Waals surface area contributed by atoms with E-state index in [1.165, 1.54) is 6.07 Å². The van der Waals surface area contributed by atoms with Gasteiger partial charge in [0.15, 0.2) is 11.3 Å². The van der Waals surface area contributed by atoms with E-state index in [1.54, 1.807) is 12.1 Å². The summed E-state index contributed by atoms with van der Waals surface area (Å²) in [5.74, 6) is -1.09. The minimum absolute atomic E-state index is 0.0335. The van der Waals surface area contributed by atoms with Gasteiger partial charge in [-0.25, -0.2) is 4.79 Å². The molecule has 2 rings (SSSR count). The Labute approximate surface area is 137 Å². The highest BCUT2D eigenvalue weighted by Crippen LogP contribution is 2.23. The quantitative estimate of drug-likeness (QED) is 0.767. The van der Waals surface area contributed by atoms with Crippen LogP contribution in [0.25, 0.3) is 0 Å². The van der Waals surface area contributed by atoms with E-state index in [0.29, 0.717) is 10.4 Å². The number of amides is 1. The number of aryl methyl sites for hydroxylation is 1. The fourth-order valence-electron chi connectivity index (χ4n) is 1.53. The van der Waals surface area contributed by atoms with E-state index in [9.17, 15) is 9.59 Å². The van der Waals surface area contributed by atoms with Crippen LogP contribution in [0.15, 0.2) is 43.9 Å². The molecule has 0 radical (unpaired) electrons. The first kappa shape index (κ1) is 15.8. The van der Waals surface area contributed by atoms with Crippen LogP contribution >= 0.6 is 31.9 Å². The molecule has 0 unspecified atom stereocenters. The summed E-state index contributed by atoms with van der Waals surface area (Å²) in [5.41, 5.74) is 1.68. The number of esters is 1. The lowest BCUT2D eigenvalue weighted by atomic mass is 10.2. The maximum Gasteiger partial charge on any atom is 0.374 e.